The molecule has 1 saturated heterocycles. The maximum atomic E-state index is 9.98. The molecular weight excluding hydrogens is 200 g/mol. The van der Waals surface area contributed by atoms with Crippen molar-refractivity contribution >= 4 is 10.9 Å². The Morgan fingerprint density at radius 1 is 1.56 bits per heavy atom. The Hall–Kier alpha value is -1.48. The molecule has 3 nitrogen and oxygen atoms in total. The van der Waals surface area contributed by atoms with E-state index in [4.69, 9.17) is 4.11 Å². The Morgan fingerprint density at radius 2 is 2.50 bits per heavy atom. The monoisotopic (exact) mass is 219 g/mol. The first-order valence-corrected chi connectivity index (χ1v) is 5.51. The van der Waals surface area contributed by atoms with Crippen LogP contribution in [0.15, 0.2) is 24.4 Å². The van der Waals surface area contributed by atoms with E-state index in [1.165, 1.54) is 4.90 Å². The summed E-state index contributed by atoms with van der Waals surface area (Å²) in [5.74, 6) is 0.406. The van der Waals surface area contributed by atoms with E-state index >= 15 is 0 Å². The Labute approximate surface area is 98.9 Å². The van der Waals surface area contributed by atoms with Crippen LogP contribution in [0, 0.1) is 0 Å². The summed E-state index contributed by atoms with van der Waals surface area (Å²) in [5, 5.41) is 10.8. The van der Waals surface area contributed by atoms with Gasteiger partial charge in [0.1, 0.15) is 5.75 Å². The molecule has 0 amide bonds. The molecule has 3 heteroatoms. The van der Waals surface area contributed by atoms with Gasteiger partial charge in [0.25, 0.3) is 0 Å². The average molecular weight is 219 g/mol. The van der Waals surface area contributed by atoms with Crippen LogP contribution in [0.4, 0.5) is 0 Å². The fourth-order valence-corrected chi connectivity index (χ4v) is 2.53. The van der Waals surface area contributed by atoms with E-state index in [0.29, 0.717) is 13.1 Å². The highest BCUT2D eigenvalue weighted by molar-refractivity contribution is 5.89. The summed E-state index contributed by atoms with van der Waals surface area (Å²) in [7, 11) is 0. The minimum atomic E-state index is -2.02. The number of benzene rings is 1. The second-order valence-corrected chi connectivity index (χ2v) is 4.38. The number of likely N-dealkylation sites (tertiary alicyclic amines) is 1. The molecular formula is C13H16N2O. The van der Waals surface area contributed by atoms with Gasteiger partial charge < -0.3 is 15.0 Å². The molecule has 0 unspecified atom stereocenters. The molecule has 16 heavy (non-hydrogen) atoms. The minimum Gasteiger partial charge on any atom is -0.507 e. The third-order valence-corrected chi connectivity index (χ3v) is 3.34. The molecule has 2 heterocycles. The zero-order valence-electron chi connectivity index (χ0n) is 11.9. The average Bonchev–Trinajstić information content (AvgIpc) is 2.93. The number of aromatic nitrogens is 1. The molecule has 1 fully saturated rings. The third kappa shape index (κ3) is 1.39. The van der Waals surface area contributed by atoms with Crippen LogP contribution < -0.4 is 0 Å². The van der Waals surface area contributed by atoms with Gasteiger partial charge in [0, 0.05) is 33.7 Å². The first kappa shape index (κ1) is 6.97. The Bertz CT molecular complexity index is 605. The van der Waals surface area contributed by atoms with E-state index in [9.17, 15) is 5.11 Å². The van der Waals surface area contributed by atoms with Gasteiger partial charge in [-0.2, -0.15) is 0 Å². The van der Waals surface area contributed by atoms with Gasteiger partial charge in [0.2, 0.25) is 0 Å². The predicted octanol–water partition coefficient (Wildman–Crippen LogP) is 2.29. The van der Waals surface area contributed by atoms with Gasteiger partial charge in [-0.15, -0.1) is 0 Å². The van der Waals surface area contributed by atoms with Gasteiger partial charge in [-0.3, -0.25) is 0 Å². The van der Waals surface area contributed by atoms with Crippen molar-refractivity contribution in [2.24, 2.45) is 0 Å². The topological polar surface area (TPSA) is 39.3 Å². The second-order valence-electron chi connectivity index (χ2n) is 4.38. The number of phenolic OH excluding ortho intramolecular Hbond substituents is 1. The Morgan fingerprint density at radius 3 is 3.31 bits per heavy atom. The first-order valence-electron chi connectivity index (χ1n) is 7.01. The van der Waals surface area contributed by atoms with Crippen molar-refractivity contribution in [1.29, 1.82) is 0 Å². The van der Waals surface area contributed by atoms with Crippen molar-refractivity contribution in [3.8, 4) is 5.75 Å². The van der Waals surface area contributed by atoms with Crippen LogP contribution in [-0.4, -0.2) is 35.1 Å². The van der Waals surface area contributed by atoms with E-state index in [1.54, 1.807) is 12.1 Å². The van der Waals surface area contributed by atoms with Crippen LogP contribution in [0.2, 0.25) is 0 Å². The molecule has 0 saturated carbocycles. The number of hydrogen-bond donors (Lipinski definition) is 2. The molecule has 3 rings (SSSR count). The lowest BCUT2D eigenvalue weighted by molar-refractivity contribution is 0.411. The van der Waals surface area contributed by atoms with Gasteiger partial charge in [0.05, 0.1) is 0 Å². The summed E-state index contributed by atoms with van der Waals surface area (Å²) in [4.78, 5) is 4.66. The smallest absolute Gasteiger partial charge is 0.125 e. The van der Waals surface area contributed by atoms with Gasteiger partial charge in [-0.1, -0.05) is 6.07 Å². The Balaban J connectivity index is 1.94. The fourth-order valence-electron chi connectivity index (χ4n) is 2.53. The number of H-pyrrole nitrogens is 1. The molecule has 0 aliphatic carbocycles. The molecule has 1 aromatic carbocycles. The van der Waals surface area contributed by atoms with Gasteiger partial charge in [-0.25, -0.2) is 0 Å². The van der Waals surface area contributed by atoms with Gasteiger partial charge in [-0.05, 0) is 37.6 Å². The number of nitrogens with one attached hydrogen (secondary N) is 1. The molecule has 0 spiro atoms. The number of likely N-dealkylation sites (N-methyl/N-ethyl adjacent to an activating group) is 1. The summed E-state index contributed by atoms with van der Waals surface area (Å²) in [6, 6.07) is 5.37. The molecule has 1 atom stereocenters. The number of phenols is 1. The lowest BCUT2D eigenvalue weighted by Crippen LogP contribution is -2.13. The van der Waals surface area contributed by atoms with Crippen LogP contribution in [0.5, 0.6) is 5.75 Å². The molecule has 84 valence electrons. The van der Waals surface area contributed by atoms with Crippen molar-refractivity contribution in [2.75, 3.05) is 20.1 Å². The van der Waals surface area contributed by atoms with Crippen molar-refractivity contribution in [3.63, 3.8) is 0 Å². The quantitative estimate of drug-likeness (QED) is 0.772. The van der Waals surface area contributed by atoms with E-state index in [2.05, 4.69) is 4.98 Å². The fraction of sp³-hybridized carbons (Fsp3) is 0.385. The molecule has 1 aliphatic heterocycles. The maximum absolute atomic E-state index is 9.98. The van der Waals surface area contributed by atoms with E-state index in [1.807, 2.05) is 12.3 Å². The van der Waals surface area contributed by atoms with Crippen LogP contribution >= 0.6 is 0 Å². The van der Waals surface area contributed by atoms with Crippen LogP contribution in [0.3, 0.4) is 0 Å². The minimum absolute atomic E-state index is 0.155. The number of fused-ring (bicyclic) bond motifs is 1. The Kier molecular flexibility index (Phi) is 1.53. The van der Waals surface area contributed by atoms with Gasteiger partial charge >= 0.3 is 0 Å². The largest absolute Gasteiger partial charge is 0.507 e. The zero-order valence-corrected chi connectivity index (χ0v) is 8.90. The second kappa shape index (κ2) is 3.52. The summed E-state index contributed by atoms with van der Waals surface area (Å²) < 4.78 is 22.4. The van der Waals surface area contributed by atoms with Crippen LogP contribution in [0.25, 0.3) is 10.9 Å². The third-order valence-electron chi connectivity index (χ3n) is 3.34. The number of aromatic hydroxyl groups is 1. The predicted molar refractivity (Wildman–Crippen MR) is 64.8 cm³/mol. The normalized spacial score (nSPS) is 25.5. The standard InChI is InChI=1S/C13H16N2O/c1-15-6-5-9(8-15)10-7-14-11-3-2-4-12(16)13(10)11/h2-4,7,9,14,16H,5-6,8H2,1H3/t9-/m1/s1/i1D3. The first-order chi connectivity index (χ1) is 8.97. The number of rotatable bonds is 1. The highest BCUT2D eigenvalue weighted by atomic mass is 16.3. The van der Waals surface area contributed by atoms with Crippen molar-refractivity contribution in [1.82, 2.24) is 9.88 Å². The molecule has 0 radical (unpaired) electrons. The van der Waals surface area contributed by atoms with Crippen LogP contribution in [0.1, 0.15) is 22.0 Å². The van der Waals surface area contributed by atoms with Crippen molar-refractivity contribution in [2.45, 2.75) is 12.3 Å². The zero-order chi connectivity index (χ0) is 13.6. The summed E-state index contributed by atoms with van der Waals surface area (Å²) in [6.45, 7) is -0.942. The number of aromatic amines is 1. The van der Waals surface area contributed by atoms with Gasteiger partial charge in [0.15, 0.2) is 0 Å². The molecule has 0 bridgehead atoms. The summed E-state index contributed by atoms with van der Waals surface area (Å²) >= 11 is 0. The lowest BCUT2D eigenvalue weighted by atomic mass is 9.97. The summed E-state index contributed by atoms with van der Waals surface area (Å²) in [5.41, 5.74) is 1.90. The van der Waals surface area contributed by atoms with Crippen LogP contribution in [-0.2, 0) is 0 Å². The van der Waals surface area contributed by atoms with Crippen molar-refractivity contribution < 1.29 is 9.22 Å². The summed E-state index contributed by atoms with van der Waals surface area (Å²) in [6.07, 6.45) is 2.69. The van der Waals surface area contributed by atoms with Crippen molar-refractivity contribution in [3.05, 3.63) is 30.0 Å². The number of hydrogen-bond acceptors (Lipinski definition) is 2. The SMILES string of the molecule is [2H]C([2H])([2H])N1CC[C@@H](c2c[nH]c3cccc(O)c23)C1. The molecule has 1 aliphatic rings. The van der Waals surface area contributed by atoms with E-state index < -0.39 is 6.98 Å². The molecule has 2 aromatic rings. The number of nitrogens with zero attached hydrogens (tertiary/aromatic N) is 1. The van der Waals surface area contributed by atoms with E-state index in [0.717, 1.165) is 22.9 Å². The van der Waals surface area contributed by atoms with E-state index in [-0.39, 0.29) is 11.7 Å². The molecule has 1 aromatic heterocycles. The highest BCUT2D eigenvalue weighted by Crippen LogP contribution is 2.36. The lowest BCUT2D eigenvalue weighted by Gasteiger charge is -2.09. The maximum Gasteiger partial charge on any atom is 0.125 e. The molecule has 2 N–H and O–H groups in total. The highest BCUT2D eigenvalue weighted by Gasteiger charge is 2.24.